The highest BCUT2D eigenvalue weighted by molar-refractivity contribution is 5.81. The van der Waals surface area contributed by atoms with Gasteiger partial charge in [-0.05, 0) is 44.4 Å². The van der Waals surface area contributed by atoms with E-state index in [4.69, 9.17) is 0 Å². The molecule has 0 bridgehead atoms. The van der Waals surface area contributed by atoms with Crippen LogP contribution in [-0.4, -0.2) is 11.4 Å². The molecule has 1 saturated heterocycles. The minimum absolute atomic E-state index is 0.129. The Labute approximate surface area is 97.1 Å². The zero-order chi connectivity index (χ0) is 11.9. The molecule has 2 rings (SSSR count). The summed E-state index contributed by atoms with van der Waals surface area (Å²) in [5, 5.41) is 3.05. The van der Waals surface area contributed by atoms with Crippen molar-refractivity contribution >= 4 is 5.91 Å². The van der Waals surface area contributed by atoms with Gasteiger partial charge in [0.05, 0.1) is 0 Å². The summed E-state index contributed by atoms with van der Waals surface area (Å²) in [5.41, 5.74) is 3.79. The van der Waals surface area contributed by atoms with Crippen LogP contribution in [0.25, 0.3) is 0 Å². The van der Waals surface area contributed by atoms with Crippen molar-refractivity contribution in [2.75, 3.05) is 0 Å². The highest BCUT2D eigenvalue weighted by atomic mass is 16.2. The lowest BCUT2D eigenvalue weighted by Gasteiger charge is -2.28. The average molecular weight is 217 g/mol. The van der Waals surface area contributed by atoms with Gasteiger partial charge in [0.2, 0.25) is 5.91 Å². The van der Waals surface area contributed by atoms with E-state index in [1.165, 1.54) is 16.7 Å². The van der Waals surface area contributed by atoms with Gasteiger partial charge in [-0.25, -0.2) is 0 Å². The molecule has 1 fully saturated rings. The fraction of sp³-hybridized carbons (Fsp3) is 0.500. The molecule has 0 radical (unpaired) electrons. The molecule has 0 aliphatic carbocycles. The lowest BCUT2D eigenvalue weighted by Crippen LogP contribution is -2.38. The summed E-state index contributed by atoms with van der Waals surface area (Å²) in [6, 6.07) is 6.35. The largest absolute Gasteiger partial charge is 0.351 e. The molecule has 2 nitrogen and oxygen atoms in total. The van der Waals surface area contributed by atoms with E-state index in [9.17, 15) is 4.79 Å². The molecule has 1 heterocycles. The van der Waals surface area contributed by atoms with Crippen LogP contribution in [0.3, 0.4) is 0 Å². The van der Waals surface area contributed by atoms with Crippen LogP contribution in [0.2, 0.25) is 0 Å². The minimum Gasteiger partial charge on any atom is -0.351 e. The van der Waals surface area contributed by atoms with Gasteiger partial charge in [-0.1, -0.05) is 18.2 Å². The Bertz CT molecular complexity index is 434. The van der Waals surface area contributed by atoms with Gasteiger partial charge in [0.1, 0.15) is 0 Å². The van der Waals surface area contributed by atoms with Gasteiger partial charge in [0, 0.05) is 17.9 Å². The summed E-state index contributed by atoms with van der Waals surface area (Å²) in [4.78, 5) is 11.5. The SMILES string of the molecule is Cc1cccc(C2CC(=O)NC2(C)C)c1C. The highest BCUT2D eigenvalue weighted by Crippen LogP contribution is 2.37. The van der Waals surface area contributed by atoms with E-state index in [-0.39, 0.29) is 11.4 Å². The van der Waals surface area contributed by atoms with Crippen molar-refractivity contribution in [1.82, 2.24) is 5.32 Å². The van der Waals surface area contributed by atoms with Crippen LogP contribution in [0, 0.1) is 13.8 Å². The second kappa shape index (κ2) is 3.62. The van der Waals surface area contributed by atoms with E-state index in [0.29, 0.717) is 12.3 Å². The topological polar surface area (TPSA) is 29.1 Å². The molecule has 1 aromatic carbocycles. The summed E-state index contributed by atoms with van der Waals surface area (Å²) in [6.45, 7) is 8.47. The van der Waals surface area contributed by atoms with Crippen molar-refractivity contribution in [2.24, 2.45) is 0 Å². The molecule has 1 amide bonds. The van der Waals surface area contributed by atoms with E-state index < -0.39 is 0 Å². The second-order valence-corrected chi connectivity index (χ2v) is 5.32. The number of carbonyl (C=O) groups excluding carboxylic acids is 1. The number of carbonyl (C=O) groups is 1. The second-order valence-electron chi connectivity index (χ2n) is 5.32. The fourth-order valence-electron chi connectivity index (χ4n) is 2.59. The smallest absolute Gasteiger partial charge is 0.221 e. The van der Waals surface area contributed by atoms with Crippen molar-refractivity contribution in [3.8, 4) is 0 Å². The summed E-state index contributed by atoms with van der Waals surface area (Å²) >= 11 is 0. The lowest BCUT2D eigenvalue weighted by atomic mass is 9.80. The highest BCUT2D eigenvalue weighted by Gasteiger charge is 2.40. The summed E-state index contributed by atoms with van der Waals surface area (Å²) in [5.74, 6) is 0.454. The third-order valence-electron chi connectivity index (χ3n) is 3.74. The molecule has 86 valence electrons. The van der Waals surface area contributed by atoms with E-state index in [2.05, 4.69) is 51.2 Å². The van der Waals surface area contributed by atoms with Crippen molar-refractivity contribution in [3.05, 3.63) is 34.9 Å². The molecule has 16 heavy (non-hydrogen) atoms. The van der Waals surface area contributed by atoms with Gasteiger partial charge in [0.15, 0.2) is 0 Å². The normalized spacial score (nSPS) is 23.2. The van der Waals surface area contributed by atoms with Crippen LogP contribution < -0.4 is 5.32 Å². The predicted molar refractivity (Wildman–Crippen MR) is 65.5 cm³/mol. The number of aryl methyl sites for hydroxylation is 1. The van der Waals surface area contributed by atoms with Crippen LogP contribution in [0.1, 0.15) is 42.9 Å². The van der Waals surface area contributed by atoms with Crippen LogP contribution >= 0.6 is 0 Å². The molecule has 1 unspecified atom stereocenters. The first-order chi connectivity index (χ1) is 7.42. The molecular weight excluding hydrogens is 198 g/mol. The molecule has 0 aromatic heterocycles. The van der Waals surface area contributed by atoms with Crippen LogP contribution in [-0.2, 0) is 4.79 Å². The number of rotatable bonds is 1. The molecule has 1 aliphatic rings. The van der Waals surface area contributed by atoms with Gasteiger partial charge in [-0.15, -0.1) is 0 Å². The van der Waals surface area contributed by atoms with Crippen LogP contribution in [0.15, 0.2) is 18.2 Å². The van der Waals surface area contributed by atoms with Gasteiger partial charge in [-0.2, -0.15) is 0 Å². The van der Waals surface area contributed by atoms with E-state index >= 15 is 0 Å². The Morgan fingerprint density at radius 1 is 1.31 bits per heavy atom. The summed E-state index contributed by atoms with van der Waals surface area (Å²) in [7, 11) is 0. The first-order valence-electron chi connectivity index (χ1n) is 5.79. The number of hydrogen-bond acceptors (Lipinski definition) is 1. The Hall–Kier alpha value is -1.31. The van der Waals surface area contributed by atoms with Gasteiger partial charge < -0.3 is 5.32 Å². The molecule has 1 atom stereocenters. The predicted octanol–water partition coefficient (Wildman–Crippen LogP) is 2.69. The van der Waals surface area contributed by atoms with Crippen LogP contribution in [0.4, 0.5) is 0 Å². The number of amides is 1. The molecule has 1 N–H and O–H groups in total. The summed E-state index contributed by atoms with van der Waals surface area (Å²) in [6.07, 6.45) is 0.608. The Morgan fingerprint density at radius 2 is 2.00 bits per heavy atom. The Morgan fingerprint density at radius 3 is 2.56 bits per heavy atom. The molecule has 1 aromatic rings. The molecule has 1 aliphatic heterocycles. The average Bonchev–Trinajstić information content (AvgIpc) is 2.44. The van der Waals surface area contributed by atoms with E-state index in [1.807, 2.05) is 0 Å². The van der Waals surface area contributed by atoms with Gasteiger partial charge in [0.25, 0.3) is 0 Å². The first kappa shape index (κ1) is 11.2. The van der Waals surface area contributed by atoms with E-state index in [0.717, 1.165) is 0 Å². The zero-order valence-corrected chi connectivity index (χ0v) is 10.4. The van der Waals surface area contributed by atoms with Crippen LogP contribution in [0.5, 0.6) is 0 Å². The maximum atomic E-state index is 11.5. The van der Waals surface area contributed by atoms with Crippen molar-refractivity contribution in [2.45, 2.75) is 45.6 Å². The van der Waals surface area contributed by atoms with Gasteiger partial charge in [-0.3, -0.25) is 4.79 Å². The minimum atomic E-state index is -0.129. The lowest BCUT2D eigenvalue weighted by molar-refractivity contribution is -0.119. The maximum Gasteiger partial charge on any atom is 0.221 e. The molecular formula is C14H19NO. The monoisotopic (exact) mass is 217 g/mol. The zero-order valence-electron chi connectivity index (χ0n) is 10.4. The quantitative estimate of drug-likeness (QED) is 0.770. The third-order valence-corrected chi connectivity index (χ3v) is 3.74. The van der Waals surface area contributed by atoms with Crippen molar-refractivity contribution in [3.63, 3.8) is 0 Å². The van der Waals surface area contributed by atoms with E-state index in [1.54, 1.807) is 0 Å². The Balaban J connectivity index is 2.45. The van der Waals surface area contributed by atoms with Gasteiger partial charge >= 0.3 is 0 Å². The third kappa shape index (κ3) is 1.73. The number of hydrogen-bond donors (Lipinski definition) is 1. The number of nitrogens with one attached hydrogen (secondary N) is 1. The molecule has 0 spiro atoms. The number of benzene rings is 1. The van der Waals surface area contributed by atoms with Crippen molar-refractivity contribution < 1.29 is 4.79 Å². The summed E-state index contributed by atoms with van der Waals surface area (Å²) < 4.78 is 0. The first-order valence-corrected chi connectivity index (χ1v) is 5.79. The van der Waals surface area contributed by atoms with Crippen molar-refractivity contribution in [1.29, 1.82) is 0 Å². The molecule has 0 saturated carbocycles. The standard InChI is InChI=1S/C14H19NO/c1-9-6-5-7-11(10(9)2)12-8-13(16)15-14(12,3)4/h5-7,12H,8H2,1-4H3,(H,15,16). The molecule has 2 heteroatoms. The fourth-order valence-corrected chi connectivity index (χ4v) is 2.59. The maximum absolute atomic E-state index is 11.5. The Kier molecular flexibility index (Phi) is 2.53.